The summed E-state index contributed by atoms with van der Waals surface area (Å²) in [6.07, 6.45) is 2.59. The quantitative estimate of drug-likeness (QED) is 0.891. The number of hydrazone groups is 1. The SMILES string of the molecule is O=C1CC(C(=O)Nc2nn(-c3ccc(F)cc3)c3c2CCC3)=NN1. The summed E-state index contributed by atoms with van der Waals surface area (Å²) in [4.78, 5) is 23.4. The lowest BCUT2D eigenvalue weighted by atomic mass is 10.2. The van der Waals surface area contributed by atoms with Crippen molar-refractivity contribution in [3.63, 3.8) is 0 Å². The number of aromatic nitrogens is 2. The zero-order chi connectivity index (χ0) is 16.7. The van der Waals surface area contributed by atoms with Crippen molar-refractivity contribution in [2.75, 3.05) is 5.32 Å². The molecule has 0 bridgehead atoms. The highest BCUT2D eigenvalue weighted by atomic mass is 19.1. The zero-order valence-corrected chi connectivity index (χ0v) is 12.7. The van der Waals surface area contributed by atoms with Crippen LogP contribution in [0.4, 0.5) is 10.2 Å². The van der Waals surface area contributed by atoms with Gasteiger partial charge < -0.3 is 5.32 Å². The second-order valence-corrected chi connectivity index (χ2v) is 5.74. The van der Waals surface area contributed by atoms with E-state index in [9.17, 15) is 14.0 Å². The molecule has 1 aliphatic carbocycles. The number of nitrogens with one attached hydrogen (secondary N) is 2. The topological polar surface area (TPSA) is 88.4 Å². The van der Waals surface area contributed by atoms with Gasteiger partial charge in [-0.2, -0.15) is 5.10 Å². The maximum atomic E-state index is 13.1. The third kappa shape index (κ3) is 2.45. The van der Waals surface area contributed by atoms with Crippen LogP contribution in [0.25, 0.3) is 5.69 Å². The van der Waals surface area contributed by atoms with E-state index in [1.807, 2.05) is 0 Å². The third-order valence-corrected chi connectivity index (χ3v) is 4.14. The van der Waals surface area contributed by atoms with Gasteiger partial charge in [0.2, 0.25) is 5.91 Å². The van der Waals surface area contributed by atoms with Gasteiger partial charge in [0.15, 0.2) is 5.82 Å². The number of benzene rings is 1. The minimum atomic E-state index is -0.438. The predicted molar refractivity (Wildman–Crippen MR) is 84.4 cm³/mol. The van der Waals surface area contributed by atoms with Gasteiger partial charge in [-0.05, 0) is 43.5 Å². The van der Waals surface area contributed by atoms with Crippen molar-refractivity contribution in [2.24, 2.45) is 5.10 Å². The van der Waals surface area contributed by atoms with E-state index in [1.54, 1.807) is 16.8 Å². The Kier molecular flexibility index (Phi) is 3.37. The number of rotatable bonds is 3. The van der Waals surface area contributed by atoms with Gasteiger partial charge in [-0.25, -0.2) is 14.5 Å². The average Bonchev–Trinajstić information content (AvgIpc) is 3.26. The normalized spacial score (nSPS) is 15.9. The molecule has 0 fully saturated rings. The first kappa shape index (κ1) is 14.6. The van der Waals surface area contributed by atoms with Gasteiger partial charge in [-0.1, -0.05) is 0 Å². The average molecular weight is 327 g/mol. The van der Waals surface area contributed by atoms with E-state index >= 15 is 0 Å². The van der Waals surface area contributed by atoms with Crippen molar-refractivity contribution >= 4 is 23.3 Å². The first-order valence-corrected chi connectivity index (χ1v) is 7.65. The highest BCUT2D eigenvalue weighted by Crippen LogP contribution is 2.30. The Morgan fingerprint density at radius 1 is 1.25 bits per heavy atom. The summed E-state index contributed by atoms with van der Waals surface area (Å²) >= 11 is 0. The lowest BCUT2D eigenvalue weighted by molar-refractivity contribution is -0.119. The number of carbonyl (C=O) groups is 2. The van der Waals surface area contributed by atoms with Crippen LogP contribution in [0, 0.1) is 5.82 Å². The first-order chi connectivity index (χ1) is 11.6. The monoisotopic (exact) mass is 327 g/mol. The lowest BCUT2D eigenvalue weighted by Crippen LogP contribution is -2.23. The number of hydrogen-bond acceptors (Lipinski definition) is 4. The van der Waals surface area contributed by atoms with Crippen LogP contribution >= 0.6 is 0 Å². The molecule has 4 rings (SSSR count). The van der Waals surface area contributed by atoms with Crippen LogP contribution < -0.4 is 10.7 Å². The molecule has 2 N–H and O–H groups in total. The molecule has 0 atom stereocenters. The molecule has 2 aliphatic rings. The Hall–Kier alpha value is -3.03. The van der Waals surface area contributed by atoms with Crippen LogP contribution in [-0.4, -0.2) is 27.3 Å². The molecule has 0 saturated carbocycles. The minimum absolute atomic E-state index is 0.0350. The number of halogens is 1. The summed E-state index contributed by atoms with van der Waals surface area (Å²) in [6.45, 7) is 0. The maximum absolute atomic E-state index is 13.1. The summed E-state index contributed by atoms with van der Waals surface area (Å²) in [7, 11) is 0. The highest BCUT2D eigenvalue weighted by Gasteiger charge is 2.27. The van der Waals surface area contributed by atoms with E-state index < -0.39 is 5.91 Å². The lowest BCUT2D eigenvalue weighted by Gasteiger charge is -2.05. The molecule has 0 radical (unpaired) electrons. The fourth-order valence-corrected chi connectivity index (χ4v) is 3.01. The molecular formula is C16H14FN5O2. The molecule has 1 aliphatic heterocycles. The van der Waals surface area contributed by atoms with Crippen LogP contribution in [-0.2, 0) is 22.4 Å². The fraction of sp³-hybridized carbons (Fsp3) is 0.250. The molecule has 1 aromatic carbocycles. The molecular weight excluding hydrogens is 313 g/mol. The number of anilines is 1. The van der Waals surface area contributed by atoms with E-state index in [0.717, 1.165) is 36.2 Å². The van der Waals surface area contributed by atoms with Gasteiger partial charge in [-0.15, -0.1) is 5.10 Å². The largest absolute Gasteiger partial charge is 0.304 e. The number of carbonyl (C=O) groups excluding carboxylic acids is 2. The van der Waals surface area contributed by atoms with E-state index in [1.165, 1.54) is 12.1 Å². The summed E-state index contributed by atoms with van der Waals surface area (Å²) in [5, 5.41) is 10.9. The molecule has 122 valence electrons. The van der Waals surface area contributed by atoms with Crippen LogP contribution in [0.2, 0.25) is 0 Å². The Bertz CT molecular complexity index is 869. The van der Waals surface area contributed by atoms with Gasteiger partial charge in [0.25, 0.3) is 5.91 Å². The molecule has 2 heterocycles. The molecule has 8 heteroatoms. The predicted octanol–water partition coefficient (Wildman–Crippen LogP) is 1.31. The Labute approximate surface area is 136 Å². The Balaban J connectivity index is 1.65. The second-order valence-electron chi connectivity index (χ2n) is 5.74. The molecule has 0 spiro atoms. The molecule has 2 aromatic rings. The summed E-state index contributed by atoms with van der Waals surface area (Å²) in [5.74, 6) is -0.583. The molecule has 24 heavy (non-hydrogen) atoms. The summed E-state index contributed by atoms with van der Waals surface area (Å²) < 4.78 is 14.9. The van der Waals surface area contributed by atoms with Gasteiger partial charge in [0.1, 0.15) is 11.5 Å². The molecule has 7 nitrogen and oxygen atoms in total. The van der Waals surface area contributed by atoms with Crippen molar-refractivity contribution in [2.45, 2.75) is 25.7 Å². The van der Waals surface area contributed by atoms with Crippen molar-refractivity contribution < 1.29 is 14.0 Å². The van der Waals surface area contributed by atoms with Crippen molar-refractivity contribution in [3.8, 4) is 5.69 Å². The van der Waals surface area contributed by atoms with Crippen molar-refractivity contribution in [3.05, 3.63) is 41.3 Å². The molecule has 2 amide bonds. The van der Waals surface area contributed by atoms with Gasteiger partial charge in [-0.3, -0.25) is 9.59 Å². The number of fused-ring (bicyclic) bond motifs is 1. The van der Waals surface area contributed by atoms with Crippen LogP contribution in [0.5, 0.6) is 0 Å². The van der Waals surface area contributed by atoms with Gasteiger partial charge >= 0.3 is 0 Å². The summed E-state index contributed by atoms with van der Waals surface area (Å²) in [5.41, 5.74) is 5.13. The highest BCUT2D eigenvalue weighted by molar-refractivity contribution is 6.46. The Morgan fingerprint density at radius 2 is 2.04 bits per heavy atom. The number of amides is 2. The van der Waals surface area contributed by atoms with Crippen LogP contribution in [0.3, 0.4) is 0 Å². The van der Waals surface area contributed by atoms with E-state index in [0.29, 0.717) is 5.82 Å². The molecule has 0 unspecified atom stereocenters. The number of hydrogen-bond donors (Lipinski definition) is 2. The Morgan fingerprint density at radius 3 is 2.75 bits per heavy atom. The summed E-state index contributed by atoms with van der Waals surface area (Å²) in [6, 6.07) is 6.05. The maximum Gasteiger partial charge on any atom is 0.273 e. The van der Waals surface area contributed by atoms with Gasteiger partial charge in [0.05, 0.1) is 12.1 Å². The van der Waals surface area contributed by atoms with E-state index in [2.05, 4.69) is 20.9 Å². The third-order valence-electron chi connectivity index (χ3n) is 4.14. The smallest absolute Gasteiger partial charge is 0.273 e. The minimum Gasteiger partial charge on any atom is -0.304 e. The second kappa shape index (κ2) is 5.55. The number of nitrogens with zero attached hydrogens (tertiary/aromatic N) is 3. The fourth-order valence-electron chi connectivity index (χ4n) is 3.01. The molecule has 1 aromatic heterocycles. The standard InChI is InChI=1S/C16H14FN5O2/c17-9-4-6-10(7-5-9)22-13-3-1-2-11(13)15(21-22)18-16(24)12-8-14(23)20-19-12/h4-7H,1-3,8H2,(H,20,23)(H,18,21,24). The first-order valence-electron chi connectivity index (χ1n) is 7.65. The zero-order valence-electron chi connectivity index (χ0n) is 12.7. The van der Waals surface area contributed by atoms with Crippen molar-refractivity contribution in [1.82, 2.24) is 15.2 Å². The van der Waals surface area contributed by atoms with Crippen molar-refractivity contribution in [1.29, 1.82) is 0 Å². The van der Waals surface area contributed by atoms with Crippen LogP contribution in [0.1, 0.15) is 24.1 Å². The molecule has 0 saturated heterocycles. The van der Waals surface area contributed by atoms with Crippen LogP contribution in [0.15, 0.2) is 29.4 Å². The van der Waals surface area contributed by atoms with E-state index in [4.69, 9.17) is 0 Å². The van der Waals surface area contributed by atoms with Gasteiger partial charge in [0, 0.05) is 11.3 Å². The van der Waals surface area contributed by atoms with E-state index in [-0.39, 0.29) is 23.9 Å².